The summed E-state index contributed by atoms with van der Waals surface area (Å²) in [5.41, 5.74) is 7.90. The van der Waals surface area contributed by atoms with E-state index < -0.39 is 0 Å². The first-order valence-electron chi connectivity index (χ1n) is 6.18. The van der Waals surface area contributed by atoms with E-state index in [0.717, 1.165) is 5.69 Å². The van der Waals surface area contributed by atoms with Crippen LogP contribution in [0.1, 0.15) is 12.5 Å². The van der Waals surface area contributed by atoms with Crippen LogP contribution >= 0.6 is 0 Å². The molecule has 0 aromatic heterocycles. The van der Waals surface area contributed by atoms with Gasteiger partial charge in [0, 0.05) is 26.8 Å². The molecule has 2 N–H and O–H groups in total. The summed E-state index contributed by atoms with van der Waals surface area (Å²) in [7, 11) is 3.33. The summed E-state index contributed by atoms with van der Waals surface area (Å²) in [5, 5.41) is 9.04. The number of hydrogen-bond donors (Lipinski definition) is 1. The van der Waals surface area contributed by atoms with Gasteiger partial charge in [-0.05, 0) is 19.1 Å². The van der Waals surface area contributed by atoms with Crippen LogP contribution in [0.5, 0.6) is 0 Å². The zero-order valence-corrected chi connectivity index (χ0v) is 11.7. The summed E-state index contributed by atoms with van der Waals surface area (Å²) in [4.78, 5) is 2.10. The molecule has 0 fully saturated rings. The fraction of sp³-hybridized carbons (Fsp3) is 0.500. The second-order valence-electron chi connectivity index (χ2n) is 4.34. The molecule has 1 rings (SSSR count). The minimum Gasteiger partial charge on any atom is -0.396 e. The Labute approximate surface area is 114 Å². The Bertz CT molecular complexity index is 443. The topological polar surface area (TPSA) is 71.5 Å². The molecule has 1 unspecified atom stereocenters. The van der Waals surface area contributed by atoms with E-state index in [1.165, 1.54) is 0 Å². The lowest BCUT2D eigenvalue weighted by atomic mass is 10.1. The van der Waals surface area contributed by atoms with Gasteiger partial charge in [0.15, 0.2) is 0 Å². The van der Waals surface area contributed by atoms with Gasteiger partial charge in [-0.2, -0.15) is 5.26 Å². The third-order valence-electron chi connectivity index (χ3n) is 2.99. The smallest absolute Gasteiger partial charge is 0.101 e. The van der Waals surface area contributed by atoms with E-state index in [0.29, 0.717) is 31.0 Å². The van der Waals surface area contributed by atoms with Gasteiger partial charge < -0.3 is 20.1 Å². The second kappa shape index (κ2) is 7.62. The fourth-order valence-corrected chi connectivity index (χ4v) is 2.00. The molecule has 0 saturated carbocycles. The number of rotatable bonds is 7. The van der Waals surface area contributed by atoms with E-state index in [-0.39, 0.29) is 6.04 Å². The third-order valence-corrected chi connectivity index (χ3v) is 2.99. The molecule has 0 aliphatic carbocycles. The summed E-state index contributed by atoms with van der Waals surface area (Å²) in [5.74, 6) is 0. The standard InChI is InChI=1S/C14H21N3O2/c1-11(10-19-3)17(7-8-18-2)13-6-4-5-12(9-15)14(13)16/h4-6,11H,7-8,10,16H2,1-3H3. The van der Waals surface area contributed by atoms with Gasteiger partial charge in [0.05, 0.1) is 30.2 Å². The SMILES string of the molecule is COCCN(c1cccc(C#N)c1N)C(C)COC. The Hall–Kier alpha value is -1.77. The van der Waals surface area contributed by atoms with Crippen molar-refractivity contribution in [2.45, 2.75) is 13.0 Å². The number of hydrogen-bond acceptors (Lipinski definition) is 5. The molecule has 104 valence electrons. The lowest BCUT2D eigenvalue weighted by molar-refractivity contribution is 0.171. The largest absolute Gasteiger partial charge is 0.396 e. The highest BCUT2D eigenvalue weighted by atomic mass is 16.5. The van der Waals surface area contributed by atoms with E-state index in [1.54, 1.807) is 20.3 Å². The molecule has 0 heterocycles. The van der Waals surface area contributed by atoms with Gasteiger partial charge in [-0.3, -0.25) is 0 Å². The highest BCUT2D eigenvalue weighted by molar-refractivity contribution is 5.74. The van der Waals surface area contributed by atoms with Crippen LogP contribution in [0, 0.1) is 11.3 Å². The van der Waals surface area contributed by atoms with E-state index >= 15 is 0 Å². The number of nitrogens with zero attached hydrogens (tertiary/aromatic N) is 2. The first-order chi connectivity index (χ1) is 9.15. The van der Waals surface area contributed by atoms with Gasteiger partial charge in [0.2, 0.25) is 0 Å². The summed E-state index contributed by atoms with van der Waals surface area (Å²) in [6.45, 7) is 3.92. The molecular weight excluding hydrogens is 242 g/mol. The Balaban J connectivity index is 3.06. The molecule has 0 radical (unpaired) electrons. The summed E-state index contributed by atoms with van der Waals surface area (Å²) in [6.07, 6.45) is 0. The number of nitriles is 1. The average Bonchev–Trinajstić information content (AvgIpc) is 2.41. The van der Waals surface area contributed by atoms with Gasteiger partial charge in [-0.25, -0.2) is 0 Å². The third kappa shape index (κ3) is 3.85. The minimum atomic E-state index is 0.149. The normalized spacial score (nSPS) is 11.9. The lowest BCUT2D eigenvalue weighted by Gasteiger charge is -2.32. The molecule has 0 aliphatic heterocycles. The van der Waals surface area contributed by atoms with Crippen molar-refractivity contribution in [3.05, 3.63) is 23.8 Å². The first-order valence-corrected chi connectivity index (χ1v) is 6.18. The number of nitrogen functional groups attached to an aromatic ring is 1. The van der Waals surface area contributed by atoms with Crippen molar-refractivity contribution in [1.82, 2.24) is 0 Å². The molecule has 1 aromatic rings. The first kappa shape index (κ1) is 15.3. The van der Waals surface area contributed by atoms with Crippen LogP contribution in [-0.2, 0) is 9.47 Å². The number of ether oxygens (including phenoxy) is 2. The summed E-state index contributed by atoms with van der Waals surface area (Å²) >= 11 is 0. The molecule has 0 amide bonds. The van der Waals surface area contributed by atoms with Crippen LogP contribution in [0.2, 0.25) is 0 Å². The van der Waals surface area contributed by atoms with Crippen molar-refractivity contribution in [2.75, 3.05) is 44.6 Å². The maximum atomic E-state index is 9.04. The van der Waals surface area contributed by atoms with Crippen molar-refractivity contribution in [3.63, 3.8) is 0 Å². The zero-order valence-electron chi connectivity index (χ0n) is 11.7. The number of methoxy groups -OCH3 is 2. The van der Waals surface area contributed by atoms with Crippen LogP contribution in [0.4, 0.5) is 11.4 Å². The van der Waals surface area contributed by atoms with Crippen LogP contribution in [-0.4, -0.2) is 40.0 Å². The predicted octanol–water partition coefficient (Wildman–Crippen LogP) is 1.63. The average molecular weight is 263 g/mol. The van der Waals surface area contributed by atoms with Crippen LogP contribution in [0.15, 0.2) is 18.2 Å². The fourth-order valence-electron chi connectivity index (χ4n) is 2.00. The maximum absolute atomic E-state index is 9.04. The molecule has 1 aromatic carbocycles. The molecule has 0 saturated heterocycles. The van der Waals surface area contributed by atoms with Crippen molar-refractivity contribution >= 4 is 11.4 Å². The Morgan fingerprint density at radius 1 is 1.37 bits per heavy atom. The number of benzene rings is 1. The maximum Gasteiger partial charge on any atom is 0.101 e. The van der Waals surface area contributed by atoms with Crippen molar-refractivity contribution in [1.29, 1.82) is 5.26 Å². The Kier molecular flexibility index (Phi) is 6.13. The number of para-hydroxylation sites is 1. The highest BCUT2D eigenvalue weighted by Gasteiger charge is 2.17. The molecule has 5 nitrogen and oxygen atoms in total. The molecule has 5 heteroatoms. The molecule has 0 aliphatic rings. The molecule has 0 spiro atoms. The monoisotopic (exact) mass is 263 g/mol. The van der Waals surface area contributed by atoms with Gasteiger partial charge >= 0.3 is 0 Å². The Morgan fingerprint density at radius 3 is 2.68 bits per heavy atom. The zero-order chi connectivity index (χ0) is 14.3. The van der Waals surface area contributed by atoms with E-state index in [9.17, 15) is 0 Å². The molecule has 1 atom stereocenters. The number of anilines is 2. The van der Waals surface area contributed by atoms with Crippen molar-refractivity contribution < 1.29 is 9.47 Å². The van der Waals surface area contributed by atoms with Crippen molar-refractivity contribution in [2.24, 2.45) is 0 Å². The van der Waals surface area contributed by atoms with Crippen LogP contribution in [0.25, 0.3) is 0 Å². The Morgan fingerprint density at radius 2 is 2.11 bits per heavy atom. The quantitative estimate of drug-likeness (QED) is 0.757. The van der Waals surface area contributed by atoms with Crippen LogP contribution in [0.3, 0.4) is 0 Å². The van der Waals surface area contributed by atoms with Gasteiger partial charge in [0.1, 0.15) is 6.07 Å². The van der Waals surface area contributed by atoms with Gasteiger partial charge in [-0.1, -0.05) is 6.07 Å². The lowest BCUT2D eigenvalue weighted by Crippen LogP contribution is -2.39. The van der Waals surface area contributed by atoms with Crippen molar-refractivity contribution in [3.8, 4) is 6.07 Å². The van der Waals surface area contributed by atoms with Gasteiger partial charge in [0.25, 0.3) is 0 Å². The van der Waals surface area contributed by atoms with E-state index in [2.05, 4.69) is 17.9 Å². The summed E-state index contributed by atoms with van der Waals surface area (Å²) < 4.78 is 10.3. The summed E-state index contributed by atoms with van der Waals surface area (Å²) in [6, 6.07) is 7.72. The van der Waals surface area contributed by atoms with E-state index in [1.807, 2.05) is 12.1 Å². The van der Waals surface area contributed by atoms with Crippen LogP contribution < -0.4 is 10.6 Å². The number of nitrogens with two attached hydrogens (primary N) is 1. The second-order valence-corrected chi connectivity index (χ2v) is 4.34. The van der Waals surface area contributed by atoms with E-state index in [4.69, 9.17) is 20.5 Å². The highest BCUT2D eigenvalue weighted by Crippen LogP contribution is 2.27. The minimum absolute atomic E-state index is 0.149. The molecular formula is C14H21N3O2. The predicted molar refractivity (Wildman–Crippen MR) is 76.1 cm³/mol. The van der Waals surface area contributed by atoms with Gasteiger partial charge in [-0.15, -0.1) is 0 Å². The molecule has 0 bridgehead atoms. The molecule has 19 heavy (non-hydrogen) atoms.